The van der Waals surface area contributed by atoms with Crippen LogP contribution in [-0.4, -0.2) is 5.91 Å². The summed E-state index contributed by atoms with van der Waals surface area (Å²) in [6, 6.07) is 14.8. The second kappa shape index (κ2) is 5.06. The molecule has 2 nitrogen and oxygen atoms in total. The van der Waals surface area contributed by atoms with E-state index >= 15 is 0 Å². The molecule has 0 aromatic heterocycles. The van der Waals surface area contributed by atoms with Gasteiger partial charge in [-0.05, 0) is 42.8 Å². The van der Waals surface area contributed by atoms with Crippen molar-refractivity contribution in [2.45, 2.75) is 11.8 Å². The zero-order chi connectivity index (χ0) is 12.3. The van der Waals surface area contributed by atoms with E-state index in [1.54, 1.807) is 24.3 Å². The molecule has 86 valence electrons. The van der Waals surface area contributed by atoms with Crippen LogP contribution >= 0.6 is 12.6 Å². The molecule has 2 aromatic rings. The van der Waals surface area contributed by atoms with E-state index in [9.17, 15) is 4.79 Å². The molecule has 0 spiro atoms. The van der Waals surface area contributed by atoms with Crippen molar-refractivity contribution in [3.05, 3.63) is 59.7 Å². The van der Waals surface area contributed by atoms with Crippen molar-refractivity contribution in [3.8, 4) is 0 Å². The number of para-hydroxylation sites is 1. The molecule has 0 aliphatic heterocycles. The van der Waals surface area contributed by atoms with E-state index in [2.05, 4.69) is 17.9 Å². The van der Waals surface area contributed by atoms with E-state index in [1.165, 1.54) is 0 Å². The lowest BCUT2D eigenvalue weighted by molar-refractivity contribution is 0.102. The van der Waals surface area contributed by atoms with Crippen molar-refractivity contribution < 1.29 is 4.79 Å². The van der Waals surface area contributed by atoms with Gasteiger partial charge in [0.2, 0.25) is 0 Å². The maximum atomic E-state index is 11.9. The summed E-state index contributed by atoms with van der Waals surface area (Å²) in [5.74, 6) is -0.104. The Bertz CT molecular complexity index is 534. The molecule has 0 atom stereocenters. The molecule has 0 bridgehead atoms. The van der Waals surface area contributed by atoms with Gasteiger partial charge in [0.15, 0.2) is 0 Å². The second-order valence-electron chi connectivity index (χ2n) is 3.82. The van der Waals surface area contributed by atoms with Crippen molar-refractivity contribution in [1.82, 2.24) is 0 Å². The van der Waals surface area contributed by atoms with Crippen molar-refractivity contribution in [3.63, 3.8) is 0 Å². The topological polar surface area (TPSA) is 29.1 Å². The smallest absolute Gasteiger partial charge is 0.255 e. The predicted octanol–water partition coefficient (Wildman–Crippen LogP) is 3.54. The van der Waals surface area contributed by atoms with Gasteiger partial charge in [-0.25, -0.2) is 0 Å². The van der Waals surface area contributed by atoms with Gasteiger partial charge in [-0.3, -0.25) is 4.79 Å². The molecular formula is C14H13NOS. The molecule has 17 heavy (non-hydrogen) atoms. The number of carbonyl (C=O) groups is 1. The van der Waals surface area contributed by atoms with Crippen molar-refractivity contribution in [2.75, 3.05) is 5.32 Å². The number of amides is 1. The molecule has 0 saturated carbocycles. The van der Waals surface area contributed by atoms with E-state index in [0.717, 1.165) is 16.1 Å². The lowest BCUT2D eigenvalue weighted by Gasteiger charge is -2.07. The highest BCUT2D eigenvalue weighted by Crippen LogP contribution is 2.15. The number of nitrogens with one attached hydrogen (secondary N) is 1. The van der Waals surface area contributed by atoms with E-state index < -0.39 is 0 Å². The Labute approximate surface area is 106 Å². The fraction of sp³-hybridized carbons (Fsp3) is 0.0714. The fourth-order valence-electron chi connectivity index (χ4n) is 1.52. The molecule has 0 aliphatic rings. The van der Waals surface area contributed by atoms with Crippen LogP contribution in [0.15, 0.2) is 53.4 Å². The normalized spacial score (nSPS) is 10.0. The summed E-state index contributed by atoms with van der Waals surface area (Å²) in [5.41, 5.74) is 2.52. The third kappa shape index (κ3) is 2.88. The van der Waals surface area contributed by atoms with Crippen LogP contribution in [0.5, 0.6) is 0 Å². The molecule has 0 fully saturated rings. The third-order valence-electron chi connectivity index (χ3n) is 2.52. The Balaban J connectivity index is 2.17. The van der Waals surface area contributed by atoms with Gasteiger partial charge in [-0.1, -0.05) is 18.2 Å². The lowest BCUT2D eigenvalue weighted by Crippen LogP contribution is -2.12. The Morgan fingerprint density at radius 3 is 2.35 bits per heavy atom. The Kier molecular flexibility index (Phi) is 3.49. The standard InChI is InChI=1S/C14H13NOS/c1-10-4-2-3-5-13(10)15-14(16)11-6-8-12(17)9-7-11/h2-9,17H,1H3,(H,15,16). The number of carbonyl (C=O) groups excluding carboxylic acids is 1. The highest BCUT2D eigenvalue weighted by atomic mass is 32.1. The quantitative estimate of drug-likeness (QED) is 0.776. The van der Waals surface area contributed by atoms with E-state index in [4.69, 9.17) is 0 Å². The minimum absolute atomic E-state index is 0.104. The fourth-order valence-corrected chi connectivity index (χ4v) is 1.67. The van der Waals surface area contributed by atoms with Crippen molar-refractivity contribution in [1.29, 1.82) is 0 Å². The van der Waals surface area contributed by atoms with E-state index in [1.807, 2.05) is 31.2 Å². The third-order valence-corrected chi connectivity index (χ3v) is 2.82. The van der Waals surface area contributed by atoms with E-state index in [0.29, 0.717) is 5.56 Å². The van der Waals surface area contributed by atoms with Crippen LogP contribution in [0.25, 0.3) is 0 Å². The molecule has 1 amide bonds. The summed E-state index contributed by atoms with van der Waals surface area (Å²) >= 11 is 4.18. The number of rotatable bonds is 2. The predicted molar refractivity (Wildman–Crippen MR) is 72.8 cm³/mol. The molecular weight excluding hydrogens is 230 g/mol. The van der Waals surface area contributed by atoms with Crippen molar-refractivity contribution in [2.24, 2.45) is 0 Å². The van der Waals surface area contributed by atoms with E-state index in [-0.39, 0.29) is 5.91 Å². The molecule has 1 N–H and O–H groups in total. The summed E-state index contributed by atoms with van der Waals surface area (Å²) in [4.78, 5) is 12.8. The van der Waals surface area contributed by atoms with Crippen LogP contribution in [-0.2, 0) is 0 Å². The minimum Gasteiger partial charge on any atom is -0.322 e. The van der Waals surface area contributed by atoms with Crippen molar-refractivity contribution >= 4 is 24.2 Å². The van der Waals surface area contributed by atoms with Gasteiger partial charge < -0.3 is 5.32 Å². The van der Waals surface area contributed by atoms with Gasteiger partial charge in [-0.2, -0.15) is 0 Å². The van der Waals surface area contributed by atoms with Crippen LogP contribution in [0.3, 0.4) is 0 Å². The Hall–Kier alpha value is -1.74. The largest absolute Gasteiger partial charge is 0.322 e. The van der Waals surface area contributed by atoms with Crippen LogP contribution in [0, 0.1) is 6.92 Å². The first kappa shape index (κ1) is 11.7. The van der Waals surface area contributed by atoms with Crippen LogP contribution < -0.4 is 5.32 Å². The maximum absolute atomic E-state index is 11.9. The van der Waals surface area contributed by atoms with Gasteiger partial charge in [0.25, 0.3) is 5.91 Å². The summed E-state index contributed by atoms with van der Waals surface area (Å²) in [7, 11) is 0. The second-order valence-corrected chi connectivity index (χ2v) is 4.33. The maximum Gasteiger partial charge on any atom is 0.255 e. The SMILES string of the molecule is Cc1ccccc1NC(=O)c1ccc(S)cc1. The number of thiol groups is 1. The van der Waals surface area contributed by atoms with Gasteiger partial charge in [0.05, 0.1) is 0 Å². The number of hydrogen-bond donors (Lipinski definition) is 2. The molecule has 2 aromatic carbocycles. The summed E-state index contributed by atoms with van der Waals surface area (Å²) in [6.45, 7) is 1.96. The lowest BCUT2D eigenvalue weighted by atomic mass is 10.1. The molecule has 0 unspecified atom stereocenters. The number of benzene rings is 2. The van der Waals surface area contributed by atoms with Gasteiger partial charge in [0, 0.05) is 16.1 Å². The molecule has 0 heterocycles. The first-order chi connectivity index (χ1) is 8.16. The molecule has 3 heteroatoms. The number of anilines is 1. The molecule has 0 radical (unpaired) electrons. The molecule has 0 aliphatic carbocycles. The minimum atomic E-state index is -0.104. The number of hydrogen-bond acceptors (Lipinski definition) is 2. The summed E-state index contributed by atoms with van der Waals surface area (Å²) in [6.07, 6.45) is 0. The average Bonchev–Trinajstić information content (AvgIpc) is 2.33. The Morgan fingerprint density at radius 2 is 1.71 bits per heavy atom. The average molecular weight is 243 g/mol. The summed E-state index contributed by atoms with van der Waals surface area (Å²) in [5, 5.41) is 2.88. The highest BCUT2D eigenvalue weighted by Gasteiger charge is 2.06. The molecule has 0 saturated heterocycles. The van der Waals surface area contributed by atoms with Gasteiger partial charge >= 0.3 is 0 Å². The monoisotopic (exact) mass is 243 g/mol. The zero-order valence-corrected chi connectivity index (χ0v) is 10.4. The van der Waals surface area contributed by atoms with Crippen LogP contribution in [0.2, 0.25) is 0 Å². The highest BCUT2D eigenvalue weighted by molar-refractivity contribution is 7.80. The summed E-state index contributed by atoms with van der Waals surface area (Å²) < 4.78 is 0. The first-order valence-electron chi connectivity index (χ1n) is 5.33. The van der Waals surface area contributed by atoms with Crippen LogP contribution in [0.4, 0.5) is 5.69 Å². The zero-order valence-electron chi connectivity index (χ0n) is 9.47. The van der Waals surface area contributed by atoms with Gasteiger partial charge in [-0.15, -0.1) is 12.6 Å². The van der Waals surface area contributed by atoms with Gasteiger partial charge in [0.1, 0.15) is 0 Å². The first-order valence-corrected chi connectivity index (χ1v) is 5.77. The number of aryl methyl sites for hydroxylation is 1. The van der Waals surface area contributed by atoms with Crippen LogP contribution in [0.1, 0.15) is 15.9 Å². The Morgan fingerprint density at radius 1 is 1.06 bits per heavy atom. The molecule has 2 rings (SSSR count).